The van der Waals surface area contributed by atoms with Gasteiger partial charge in [0.2, 0.25) is 0 Å². The number of aromatic nitrogens is 5. The first-order valence-electron chi connectivity index (χ1n) is 9.15. The summed E-state index contributed by atoms with van der Waals surface area (Å²) < 4.78 is 14.4. The van der Waals surface area contributed by atoms with Crippen molar-refractivity contribution in [1.29, 1.82) is 0 Å². The van der Waals surface area contributed by atoms with Crippen LogP contribution in [0.2, 0.25) is 0 Å². The van der Waals surface area contributed by atoms with Crippen LogP contribution < -0.4 is 10.1 Å². The first-order chi connectivity index (χ1) is 14.6. The number of thioether (sulfide) groups is 1. The molecule has 9 nitrogen and oxygen atoms in total. The standard InChI is InChI=1S/C20H20N6O3S/c1-25-9-8-21-20(25)30-13-17-6-7-18(29-17)19(27)22-11-14-12-26(24-23-14)15-4-3-5-16(10-15)28-2/h3-10,12H,11,13H2,1-2H3,(H,22,27). The molecule has 0 fully saturated rings. The van der Waals surface area contributed by atoms with Crippen LogP contribution >= 0.6 is 11.8 Å². The molecule has 0 saturated heterocycles. The largest absolute Gasteiger partial charge is 0.497 e. The molecule has 3 heterocycles. The average molecular weight is 424 g/mol. The number of nitrogens with one attached hydrogen (secondary N) is 1. The number of carbonyl (C=O) groups excluding carboxylic acids is 1. The molecule has 0 atom stereocenters. The lowest BCUT2D eigenvalue weighted by atomic mass is 10.3. The van der Waals surface area contributed by atoms with Gasteiger partial charge < -0.3 is 19.0 Å². The fourth-order valence-corrected chi connectivity index (χ4v) is 3.55. The van der Waals surface area contributed by atoms with Gasteiger partial charge in [-0.25, -0.2) is 9.67 Å². The molecule has 0 aliphatic rings. The van der Waals surface area contributed by atoms with E-state index in [9.17, 15) is 4.79 Å². The average Bonchev–Trinajstić information content (AvgIpc) is 3.52. The van der Waals surface area contributed by atoms with Gasteiger partial charge in [0.05, 0.1) is 31.3 Å². The zero-order valence-electron chi connectivity index (χ0n) is 16.5. The van der Waals surface area contributed by atoms with Gasteiger partial charge in [-0.15, -0.1) is 5.10 Å². The van der Waals surface area contributed by atoms with Crippen molar-refractivity contribution in [3.8, 4) is 11.4 Å². The minimum atomic E-state index is -0.306. The van der Waals surface area contributed by atoms with Crippen LogP contribution in [0.15, 0.2) is 64.6 Å². The monoisotopic (exact) mass is 424 g/mol. The van der Waals surface area contributed by atoms with E-state index < -0.39 is 0 Å². The third-order valence-electron chi connectivity index (χ3n) is 4.29. The number of nitrogens with zero attached hydrogens (tertiary/aromatic N) is 5. The Balaban J connectivity index is 1.32. The quantitative estimate of drug-likeness (QED) is 0.434. The summed E-state index contributed by atoms with van der Waals surface area (Å²) in [7, 11) is 3.54. The van der Waals surface area contributed by atoms with Crippen molar-refractivity contribution < 1.29 is 13.9 Å². The SMILES string of the molecule is COc1cccc(-n2cc(CNC(=O)c3ccc(CSc4nccn4C)o3)nn2)c1. The van der Waals surface area contributed by atoms with E-state index in [4.69, 9.17) is 9.15 Å². The number of hydrogen-bond acceptors (Lipinski definition) is 7. The number of methoxy groups -OCH3 is 1. The van der Waals surface area contributed by atoms with Gasteiger partial charge in [-0.1, -0.05) is 23.0 Å². The van der Waals surface area contributed by atoms with Crippen molar-refractivity contribution in [3.63, 3.8) is 0 Å². The summed E-state index contributed by atoms with van der Waals surface area (Å²) in [6, 6.07) is 10.9. The van der Waals surface area contributed by atoms with Gasteiger partial charge in [0.15, 0.2) is 10.9 Å². The highest BCUT2D eigenvalue weighted by Gasteiger charge is 2.13. The maximum atomic E-state index is 12.4. The van der Waals surface area contributed by atoms with Crippen LogP contribution in [-0.2, 0) is 19.3 Å². The molecule has 0 unspecified atom stereocenters. The van der Waals surface area contributed by atoms with E-state index in [2.05, 4.69) is 20.6 Å². The van der Waals surface area contributed by atoms with E-state index in [-0.39, 0.29) is 18.2 Å². The highest BCUT2D eigenvalue weighted by molar-refractivity contribution is 7.98. The molecule has 0 radical (unpaired) electrons. The second-order valence-electron chi connectivity index (χ2n) is 6.41. The minimum Gasteiger partial charge on any atom is -0.497 e. The van der Waals surface area contributed by atoms with E-state index in [1.165, 1.54) is 0 Å². The van der Waals surface area contributed by atoms with Crippen molar-refractivity contribution in [2.24, 2.45) is 7.05 Å². The van der Waals surface area contributed by atoms with Crippen molar-refractivity contribution in [2.75, 3.05) is 7.11 Å². The molecule has 0 bridgehead atoms. The maximum Gasteiger partial charge on any atom is 0.287 e. The molecule has 1 N–H and O–H groups in total. The molecular weight excluding hydrogens is 404 g/mol. The van der Waals surface area contributed by atoms with Gasteiger partial charge in [-0.2, -0.15) is 0 Å². The summed E-state index contributed by atoms with van der Waals surface area (Å²) in [6.45, 7) is 0.237. The highest BCUT2D eigenvalue weighted by Crippen LogP contribution is 2.22. The molecule has 10 heteroatoms. The van der Waals surface area contributed by atoms with Crippen LogP contribution in [0, 0.1) is 0 Å². The van der Waals surface area contributed by atoms with E-state index in [0.717, 1.165) is 16.6 Å². The fourth-order valence-electron chi connectivity index (χ4n) is 2.72. The summed E-state index contributed by atoms with van der Waals surface area (Å²) in [5, 5.41) is 11.9. The smallest absolute Gasteiger partial charge is 0.287 e. The van der Waals surface area contributed by atoms with Crippen molar-refractivity contribution >= 4 is 17.7 Å². The normalized spacial score (nSPS) is 10.9. The zero-order chi connectivity index (χ0) is 20.9. The van der Waals surface area contributed by atoms with Crippen molar-refractivity contribution in [3.05, 3.63) is 72.2 Å². The summed E-state index contributed by atoms with van der Waals surface area (Å²) in [5.74, 6) is 1.97. The third kappa shape index (κ3) is 4.54. The molecule has 154 valence electrons. The lowest BCUT2D eigenvalue weighted by Gasteiger charge is -2.03. The molecular formula is C20H20N6O3S. The summed E-state index contributed by atoms with van der Waals surface area (Å²) in [5.41, 5.74) is 1.45. The van der Waals surface area contributed by atoms with Gasteiger partial charge in [0, 0.05) is 25.5 Å². The Hall–Kier alpha value is -3.53. The van der Waals surface area contributed by atoms with Gasteiger partial charge in [0.25, 0.3) is 5.91 Å². The van der Waals surface area contributed by atoms with E-state index in [0.29, 0.717) is 17.2 Å². The highest BCUT2D eigenvalue weighted by atomic mass is 32.2. The number of amides is 1. The molecule has 3 aromatic heterocycles. The Morgan fingerprint density at radius 2 is 2.20 bits per heavy atom. The Morgan fingerprint density at radius 3 is 3.00 bits per heavy atom. The number of carbonyl (C=O) groups is 1. The molecule has 1 aromatic carbocycles. The second-order valence-corrected chi connectivity index (χ2v) is 7.36. The molecule has 0 saturated carbocycles. The van der Waals surface area contributed by atoms with Crippen LogP contribution in [0.1, 0.15) is 22.0 Å². The van der Waals surface area contributed by atoms with Crippen molar-refractivity contribution in [1.82, 2.24) is 29.9 Å². The fraction of sp³-hybridized carbons (Fsp3) is 0.200. The Labute approximate surface area is 177 Å². The second kappa shape index (κ2) is 8.87. The summed E-state index contributed by atoms with van der Waals surface area (Å²) in [4.78, 5) is 16.6. The molecule has 4 aromatic rings. The summed E-state index contributed by atoms with van der Waals surface area (Å²) >= 11 is 1.54. The van der Waals surface area contributed by atoms with Gasteiger partial charge >= 0.3 is 0 Å². The predicted molar refractivity (Wildman–Crippen MR) is 111 cm³/mol. The molecule has 0 aliphatic heterocycles. The number of aryl methyl sites for hydroxylation is 1. The van der Waals surface area contributed by atoms with Crippen LogP contribution in [0.5, 0.6) is 5.75 Å². The predicted octanol–water partition coefficient (Wildman–Crippen LogP) is 2.82. The molecule has 0 aliphatic carbocycles. The zero-order valence-corrected chi connectivity index (χ0v) is 17.3. The number of ether oxygens (including phenoxy) is 1. The van der Waals surface area contributed by atoms with Crippen LogP contribution in [0.25, 0.3) is 5.69 Å². The topological polar surface area (TPSA) is 100 Å². The molecule has 1 amide bonds. The van der Waals surface area contributed by atoms with E-state index in [1.54, 1.807) is 48.1 Å². The Kier molecular flexibility index (Phi) is 5.84. The Bertz CT molecular complexity index is 1150. The van der Waals surface area contributed by atoms with Gasteiger partial charge in [0.1, 0.15) is 17.2 Å². The first kappa shape index (κ1) is 19.8. The number of imidazole rings is 1. The van der Waals surface area contributed by atoms with Gasteiger partial charge in [-0.3, -0.25) is 4.79 Å². The third-order valence-corrected chi connectivity index (χ3v) is 5.38. The molecule has 30 heavy (non-hydrogen) atoms. The minimum absolute atomic E-state index is 0.237. The van der Waals surface area contributed by atoms with Crippen LogP contribution in [0.4, 0.5) is 0 Å². The molecule has 0 spiro atoms. The molecule has 4 rings (SSSR count). The van der Waals surface area contributed by atoms with Crippen molar-refractivity contribution in [2.45, 2.75) is 17.5 Å². The lowest BCUT2D eigenvalue weighted by Crippen LogP contribution is -2.22. The van der Waals surface area contributed by atoms with Crippen LogP contribution in [0.3, 0.4) is 0 Å². The summed E-state index contributed by atoms with van der Waals surface area (Å²) in [6.07, 6.45) is 5.38. The number of hydrogen-bond donors (Lipinski definition) is 1. The number of furan rings is 1. The van der Waals surface area contributed by atoms with E-state index in [1.807, 2.05) is 42.1 Å². The Morgan fingerprint density at radius 1 is 1.30 bits per heavy atom. The number of rotatable bonds is 8. The number of benzene rings is 1. The van der Waals surface area contributed by atoms with E-state index >= 15 is 0 Å². The van der Waals surface area contributed by atoms with Crippen LogP contribution in [-0.4, -0.2) is 37.6 Å². The van der Waals surface area contributed by atoms with Gasteiger partial charge in [-0.05, 0) is 24.3 Å². The lowest BCUT2D eigenvalue weighted by molar-refractivity contribution is 0.0921. The maximum absolute atomic E-state index is 12.4. The first-order valence-corrected chi connectivity index (χ1v) is 10.1.